The molecule has 0 bridgehead atoms. The molecule has 0 aromatic heterocycles. The highest BCUT2D eigenvalue weighted by atomic mass is 35.5. The van der Waals surface area contributed by atoms with Crippen LogP contribution in [0.15, 0.2) is 78.9 Å². The molecule has 0 spiro atoms. The van der Waals surface area contributed by atoms with E-state index in [0.29, 0.717) is 11.8 Å². The Kier molecular flexibility index (Phi) is 9.47. The smallest absolute Gasteiger partial charge is 0.170 e. The van der Waals surface area contributed by atoms with Gasteiger partial charge in [-0.2, -0.15) is 0 Å². The number of nitrogens with one attached hydrogen (secondary N) is 1. The van der Waals surface area contributed by atoms with E-state index in [-0.39, 0.29) is 24.8 Å². The first-order valence-corrected chi connectivity index (χ1v) is 9.84. The fourth-order valence-corrected chi connectivity index (χ4v) is 3.46. The first kappa shape index (κ1) is 24.0. The maximum atomic E-state index is 6.20. The van der Waals surface area contributed by atoms with Crippen molar-refractivity contribution < 1.29 is 9.47 Å². The summed E-state index contributed by atoms with van der Waals surface area (Å²) in [7, 11) is 0. The number of para-hydroxylation sites is 2. The molecule has 1 aliphatic heterocycles. The minimum atomic E-state index is 0. The Bertz CT molecular complexity index is 888. The second-order valence-corrected chi connectivity index (χ2v) is 7.00. The predicted molar refractivity (Wildman–Crippen MR) is 127 cm³/mol. The van der Waals surface area contributed by atoms with Crippen molar-refractivity contribution in [2.45, 2.75) is 13.0 Å². The summed E-state index contributed by atoms with van der Waals surface area (Å²) >= 11 is 0. The van der Waals surface area contributed by atoms with Gasteiger partial charge < -0.3 is 14.8 Å². The van der Waals surface area contributed by atoms with E-state index in [1.54, 1.807) is 0 Å². The van der Waals surface area contributed by atoms with E-state index in [0.717, 1.165) is 43.4 Å². The maximum Gasteiger partial charge on any atom is 0.170 e. The third kappa shape index (κ3) is 6.13. The molecule has 0 unspecified atom stereocenters. The number of nitrogens with zero attached hydrogens (tertiary/aromatic N) is 1. The Balaban J connectivity index is 0.00000160. The molecule has 3 aromatic carbocycles. The Morgan fingerprint density at radius 2 is 1.27 bits per heavy atom. The zero-order valence-electron chi connectivity index (χ0n) is 17.0. The summed E-state index contributed by atoms with van der Waals surface area (Å²) in [5.41, 5.74) is 1.23. The van der Waals surface area contributed by atoms with Crippen LogP contribution in [-0.2, 0) is 0 Å². The molecule has 1 aliphatic rings. The van der Waals surface area contributed by atoms with Crippen molar-refractivity contribution in [3.63, 3.8) is 0 Å². The van der Waals surface area contributed by atoms with Gasteiger partial charge in [0.2, 0.25) is 0 Å². The summed E-state index contributed by atoms with van der Waals surface area (Å²) in [4.78, 5) is 2.50. The van der Waals surface area contributed by atoms with Gasteiger partial charge >= 0.3 is 0 Å². The number of rotatable bonds is 6. The van der Waals surface area contributed by atoms with Gasteiger partial charge in [-0.25, -0.2) is 0 Å². The lowest BCUT2D eigenvalue weighted by Gasteiger charge is -2.33. The molecule has 4 rings (SSSR count). The lowest BCUT2D eigenvalue weighted by atomic mass is 10.1. The number of hydrogen-bond donors (Lipinski definition) is 1. The lowest BCUT2D eigenvalue weighted by molar-refractivity contribution is 0.185. The van der Waals surface area contributed by atoms with Gasteiger partial charge in [-0.05, 0) is 48.9 Å². The van der Waals surface area contributed by atoms with Crippen LogP contribution in [0.25, 0.3) is 0 Å². The number of piperazine rings is 1. The van der Waals surface area contributed by atoms with Gasteiger partial charge in [-0.1, -0.05) is 42.5 Å². The van der Waals surface area contributed by atoms with Crippen LogP contribution in [0.3, 0.4) is 0 Å². The molecule has 30 heavy (non-hydrogen) atoms. The van der Waals surface area contributed by atoms with Crippen LogP contribution in [0.4, 0.5) is 0 Å². The van der Waals surface area contributed by atoms with Crippen LogP contribution >= 0.6 is 24.8 Å². The molecule has 6 heteroatoms. The van der Waals surface area contributed by atoms with Gasteiger partial charge in [-0.3, -0.25) is 4.90 Å². The van der Waals surface area contributed by atoms with Crippen molar-refractivity contribution in [3.8, 4) is 23.0 Å². The minimum Gasteiger partial charge on any atom is -0.453 e. The molecule has 1 N–H and O–H groups in total. The van der Waals surface area contributed by atoms with Crippen LogP contribution in [-0.4, -0.2) is 31.1 Å². The van der Waals surface area contributed by atoms with E-state index >= 15 is 0 Å². The molecule has 1 saturated heterocycles. The molecule has 1 heterocycles. The Hall–Kier alpha value is -2.24. The maximum absolute atomic E-state index is 6.20. The van der Waals surface area contributed by atoms with Crippen molar-refractivity contribution in [1.29, 1.82) is 0 Å². The van der Waals surface area contributed by atoms with E-state index in [9.17, 15) is 0 Å². The summed E-state index contributed by atoms with van der Waals surface area (Å²) in [6.45, 7) is 6.43. The summed E-state index contributed by atoms with van der Waals surface area (Å²) in [6, 6.07) is 26.2. The third-order valence-corrected chi connectivity index (χ3v) is 5.09. The van der Waals surface area contributed by atoms with Crippen molar-refractivity contribution in [2.24, 2.45) is 0 Å². The van der Waals surface area contributed by atoms with E-state index in [2.05, 4.69) is 29.3 Å². The van der Waals surface area contributed by atoms with Gasteiger partial charge in [0.25, 0.3) is 0 Å². The number of ether oxygens (including phenoxy) is 2. The Labute approximate surface area is 191 Å². The molecule has 0 saturated carbocycles. The summed E-state index contributed by atoms with van der Waals surface area (Å²) < 4.78 is 12.3. The normalized spacial score (nSPS) is 14.7. The average molecular weight is 447 g/mol. The topological polar surface area (TPSA) is 33.7 Å². The van der Waals surface area contributed by atoms with E-state index in [1.807, 2.05) is 66.7 Å². The van der Waals surface area contributed by atoms with Crippen LogP contribution in [0.2, 0.25) is 0 Å². The van der Waals surface area contributed by atoms with Crippen LogP contribution < -0.4 is 14.8 Å². The summed E-state index contributed by atoms with van der Waals surface area (Å²) in [5.74, 6) is 3.04. The van der Waals surface area contributed by atoms with E-state index in [1.165, 1.54) is 5.56 Å². The predicted octanol–water partition coefficient (Wildman–Crippen LogP) is 6.08. The van der Waals surface area contributed by atoms with Crippen LogP contribution in [0, 0.1) is 0 Å². The lowest BCUT2D eigenvalue weighted by Crippen LogP contribution is -2.44. The van der Waals surface area contributed by atoms with Gasteiger partial charge in [0, 0.05) is 32.2 Å². The monoisotopic (exact) mass is 446 g/mol. The SMILES string of the molecule is C[C@H](c1ccc(Oc2ccccc2)c(Oc2ccccc2)c1)N1CCNCC1.Cl.Cl. The van der Waals surface area contributed by atoms with Crippen LogP contribution in [0.1, 0.15) is 18.5 Å². The largest absolute Gasteiger partial charge is 0.453 e. The van der Waals surface area contributed by atoms with Gasteiger partial charge in [0.15, 0.2) is 11.5 Å². The highest BCUT2D eigenvalue weighted by Crippen LogP contribution is 2.37. The van der Waals surface area contributed by atoms with Gasteiger partial charge in [0.05, 0.1) is 0 Å². The molecule has 0 amide bonds. The van der Waals surface area contributed by atoms with Gasteiger partial charge in [0.1, 0.15) is 11.5 Å². The standard InChI is InChI=1S/C24H26N2O2.2ClH/c1-19(26-16-14-25-15-17-26)20-12-13-23(27-21-8-4-2-5-9-21)24(18-20)28-22-10-6-3-7-11-22;;/h2-13,18-19,25H,14-17H2,1H3;2*1H/t19-;;/m1../s1. The fraction of sp³-hybridized carbons (Fsp3) is 0.250. The van der Waals surface area contributed by atoms with E-state index < -0.39 is 0 Å². The first-order chi connectivity index (χ1) is 13.8. The summed E-state index contributed by atoms with van der Waals surface area (Å²) in [6.07, 6.45) is 0. The highest BCUT2D eigenvalue weighted by Gasteiger charge is 2.20. The zero-order chi connectivity index (χ0) is 19.2. The van der Waals surface area contributed by atoms with E-state index in [4.69, 9.17) is 9.47 Å². The number of benzene rings is 3. The van der Waals surface area contributed by atoms with Crippen molar-refractivity contribution >= 4 is 24.8 Å². The third-order valence-electron chi connectivity index (χ3n) is 5.09. The van der Waals surface area contributed by atoms with Crippen LogP contribution in [0.5, 0.6) is 23.0 Å². The molecule has 4 nitrogen and oxygen atoms in total. The number of halogens is 2. The van der Waals surface area contributed by atoms with Crippen molar-refractivity contribution in [3.05, 3.63) is 84.4 Å². The molecular weight excluding hydrogens is 419 g/mol. The average Bonchev–Trinajstić information content (AvgIpc) is 2.76. The molecule has 1 atom stereocenters. The van der Waals surface area contributed by atoms with Crippen molar-refractivity contribution in [2.75, 3.05) is 26.2 Å². The second-order valence-electron chi connectivity index (χ2n) is 7.00. The second kappa shape index (κ2) is 11.8. The molecule has 0 aliphatic carbocycles. The molecule has 160 valence electrons. The zero-order valence-corrected chi connectivity index (χ0v) is 18.6. The Morgan fingerprint density at radius 1 is 0.733 bits per heavy atom. The van der Waals surface area contributed by atoms with Crippen molar-refractivity contribution in [1.82, 2.24) is 10.2 Å². The molecule has 3 aromatic rings. The fourth-order valence-electron chi connectivity index (χ4n) is 3.46. The Morgan fingerprint density at radius 3 is 1.83 bits per heavy atom. The highest BCUT2D eigenvalue weighted by molar-refractivity contribution is 5.85. The molecular formula is C24H28Cl2N2O2. The molecule has 0 radical (unpaired) electrons. The van der Waals surface area contributed by atoms with Gasteiger partial charge in [-0.15, -0.1) is 24.8 Å². The number of hydrogen-bond acceptors (Lipinski definition) is 4. The first-order valence-electron chi connectivity index (χ1n) is 9.84. The minimum absolute atomic E-state index is 0. The summed E-state index contributed by atoms with van der Waals surface area (Å²) in [5, 5.41) is 3.42. The quantitative estimate of drug-likeness (QED) is 0.497. The molecule has 1 fully saturated rings.